The van der Waals surface area contributed by atoms with E-state index in [2.05, 4.69) is 24.5 Å². The molecular weight excluding hydrogens is 242 g/mol. The molecule has 0 aliphatic rings. The van der Waals surface area contributed by atoms with Gasteiger partial charge in [-0.05, 0) is 13.8 Å². The zero-order valence-electron chi connectivity index (χ0n) is 10.4. The molecule has 6 heteroatoms. The highest BCUT2D eigenvalue weighted by atomic mass is 32.1. The minimum absolute atomic E-state index is 0.00838. The summed E-state index contributed by atoms with van der Waals surface area (Å²) in [5.74, 6) is -1.05. The van der Waals surface area contributed by atoms with E-state index in [9.17, 15) is 9.59 Å². The fraction of sp³-hybridized carbons (Fsp3) is 0.636. The summed E-state index contributed by atoms with van der Waals surface area (Å²) in [6.45, 7) is 8.65. The molecule has 5 nitrogen and oxygen atoms in total. The summed E-state index contributed by atoms with van der Waals surface area (Å²) >= 11 is 3.88. The van der Waals surface area contributed by atoms with E-state index in [1.54, 1.807) is 6.92 Å². The van der Waals surface area contributed by atoms with Gasteiger partial charge in [-0.25, -0.2) is 0 Å². The Hall–Kier alpha value is -1.01. The third-order valence-electron chi connectivity index (χ3n) is 1.85. The molecule has 0 fully saturated rings. The van der Waals surface area contributed by atoms with Gasteiger partial charge in [0, 0.05) is 19.2 Å². The van der Waals surface area contributed by atoms with Gasteiger partial charge in [0.25, 0.3) is 0 Å². The van der Waals surface area contributed by atoms with Gasteiger partial charge in [0.2, 0.25) is 5.91 Å². The third-order valence-corrected chi connectivity index (χ3v) is 2.08. The van der Waals surface area contributed by atoms with E-state index in [4.69, 9.17) is 10.2 Å². The molecule has 0 spiro atoms. The van der Waals surface area contributed by atoms with Crippen molar-refractivity contribution in [1.29, 1.82) is 0 Å². The van der Waals surface area contributed by atoms with Gasteiger partial charge >= 0.3 is 5.97 Å². The Labute approximate surface area is 107 Å². The topological polar surface area (TPSA) is 86.6 Å². The molecule has 0 aliphatic heterocycles. The van der Waals surface area contributed by atoms with Gasteiger partial charge in [0.1, 0.15) is 0 Å². The van der Waals surface area contributed by atoms with Crippen LogP contribution in [0.25, 0.3) is 0 Å². The van der Waals surface area contributed by atoms with E-state index in [0.29, 0.717) is 17.9 Å². The number of carbonyl (C=O) groups is 2. The smallest absolute Gasteiger partial charge is 0.309 e. The summed E-state index contributed by atoms with van der Waals surface area (Å²) in [6, 6.07) is 0. The Morgan fingerprint density at radius 2 is 1.88 bits per heavy atom. The van der Waals surface area contributed by atoms with Crippen molar-refractivity contribution in [1.82, 2.24) is 5.32 Å². The highest BCUT2D eigenvalue weighted by molar-refractivity contribution is 7.80. The first-order valence-electron chi connectivity index (χ1n) is 5.15. The number of aliphatic carboxylic acids is 1. The fourth-order valence-electron chi connectivity index (χ4n) is 0.794. The predicted octanol–water partition coefficient (Wildman–Crippen LogP) is 0.696. The highest BCUT2D eigenvalue weighted by Crippen LogP contribution is 2.09. The van der Waals surface area contributed by atoms with Crippen LogP contribution in [0.2, 0.25) is 0 Å². The second-order valence-electron chi connectivity index (χ2n) is 3.62. The summed E-state index contributed by atoms with van der Waals surface area (Å²) in [6.07, 6.45) is -0.933. The van der Waals surface area contributed by atoms with Gasteiger partial charge in [-0.2, -0.15) is 12.6 Å². The maximum atomic E-state index is 10.2. The molecule has 0 saturated carbocycles. The molecule has 0 bridgehead atoms. The third kappa shape index (κ3) is 11.3. The minimum atomic E-state index is -1.00. The lowest BCUT2D eigenvalue weighted by Crippen LogP contribution is -2.25. The van der Waals surface area contributed by atoms with Crippen LogP contribution >= 0.6 is 12.6 Å². The number of carboxylic acid groups (broad SMARTS) is 1. The second kappa shape index (κ2) is 10.2. The maximum Gasteiger partial charge on any atom is 0.309 e. The molecule has 2 atom stereocenters. The van der Waals surface area contributed by atoms with Crippen LogP contribution in [0.5, 0.6) is 0 Å². The van der Waals surface area contributed by atoms with E-state index in [1.165, 1.54) is 13.8 Å². The van der Waals surface area contributed by atoms with Gasteiger partial charge < -0.3 is 15.5 Å². The number of aliphatic hydroxyl groups is 1. The Kier molecular flexibility index (Phi) is 11.0. The summed E-state index contributed by atoms with van der Waals surface area (Å²) in [5, 5.41) is 20.1. The standard InChI is InChI=1S/C7H12O3.C4H9NOS/c1-4(2)6(8)5(3)7(9)10;1-4(6)5-2-3-7/h5-6,8H,1H2,2-3H3,(H,9,10);7H,2-3H2,1H3,(H,5,6). The van der Waals surface area contributed by atoms with E-state index < -0.39 is 18.0 Å². The molecule has 2 unspecified atom stereocenters. The Morgan fingerprint density at radius 1 is 1.41 bits per heavy atom. The van der Waals surface area contributed by atoms with E-state index >= 15 is 0 Å². The maximum absolute atomic E-state index is 10.2. The molecule has 0 aromatic rings. The number of rotatable bonds is 5. The number of carboxylic acids is 1. The number of aliphatic hydroxyl groups excluding tert-OH is 1. The van der Waals surface area contributed by atoms with Crippen LogP contribution in [-0.2, 0) is 9.59 Å². The van der Waals surface area contributed by atoms with Crippen molar-refractivity contribution in [3.63, 3.8) is 0 Å². The zero-order chi connectivity index (χ0) is 14.0. The highest BCUT2D eigenvalue weighted by Gasteiger charge is 2.20. The number of carbonyl (C=O) groups excluding carboxylic acids is 1. The van der Waals surface area contributed by atoms with Crippen LogP contribution in [0.1, 0.15) is 20.8 Å². The minimum Gasteiger partial charge on any atom is -0.481 e. The summed E-state index contributed by atoms with van der Waals surface area (Å²) < 4.78 is 0. The quantitative estimate of drug-likeness (QED) is 0.434. The SMILES string of the molecule is C=C(C)C(O)C(C)C(=O)O.CC(=O)NCCS. The molecule has 17 heavy (non-hydrogen) atoms. The molecule has 0 aromatic heterocycles. The number of hydrogen-bond acceptors (Lipinski definition) is 4. The van der Waals surface area contributed by atoms with Crippen LogP contribution in [0.15, 0.2) is 12.2 Å². The van der Waals surface area contributed by atoms with Gasteiger partial charge in [0.15, 0.2) is 0 Å². The molecule has 0 heterocycles. The van der Waals surface area contributed by atoms with Gasteiger partial charge in [-0.1, -0.05) is 12.2 Å². The van der Waals surface area contributed by atoms with Gasteiger partial charge in [-0.15, -0.1) is 0 Å². The summed E-state index contributed by atoms with van der Waals surface area (Å²) in [5.41, 5.74) is 0.481. The lowest BCUT2D eigenvalue weighted by atomic mass is 10.0. The van der Waals surface area contributed by atoms with Crippen molar-refractivity contribution in [3.8, 4) is 0 Å². The van der Waals surface area contributed by atoms with E-state index in [-0.39, 0.29) is 5.91 Å². The van der Waals surface area contributed by atoms with Crippen molar-refractivity contribution >= 4 is 24.5 Å². The van der Waals surface area contributed by atoms with Crippen molar-refractivity contribution in [2.24, 2.45) is 5.92 Å². The molecule has 3 N–H and O–H groups in total. The Morgan fingerprint density at radius 3 is 2.00 bits per heavy atom. The lowest BCUT2D eigenvalue weighted by Gasteiger charge is -2.13. The van der Waals surface area contributed by atoms with Crippen LogP contribution in [0.3, 0.4) is 0 Å². The van der Waals surface area contributed by atoms with Crippen molar-refractivity contribution in [2.45, 2.75) is 26.9 Å². The Bertz CT molecular complexity index is 250. The molecule has 0 aliphatic carbocycles. The van der Waals surface area contributed by atoms with Crippen LogP contribution < -0.4 is 5.32 Å². The monoisotopic (exact) mass is 263 g/mol. The van der Waals surface area contributed by atoms with Crippen LogP contribution in [-0.4, -0.2) is 40.5 Å². The first kappa shape index (κ1) is 18.4. The number of nitrogens with one attached hydrogen (secondary N) is 1. The first-order chi connectivity index (χ1) is 7.73. The van der Waals surface area contributed by atoms with Crippen molar-refractivity contribution in [2.75, 3.05) is 12.3 Å². The van der Waals surface area contributed by atoms with E-state index in [1.807, 2.05) is 0 Å². The molecule has 0 radical (unpaired) electrons. The average molecular weight is 263 g/mol. The lowest BCUT2D eigenvalue weighted by molar-refractivity contribution is -0.144. The number of hydrogen-bond donors (Lipinski definition) is 4. The molecule has 0 rings (SSSR count). The summed E-state index contributed by atoms with van der Waals surface area (Å²) in [4.78, 5) is 20.3. The molecular formula is C11H21NO4S. The average Bonchev–Trinajstić information content (AvgIpc) is 2.24. The first-order valence-corrected chi connectivity index (χ1v) is 5.78. The van der Waals surface area contributed by atoms with Crippen molar-refractivity contribution < 1.29 is 19.8 Å². The molecule has 1 amide bonds. The second-order valence-corrected chi connectivity index (χ2v) is 4.07. The van der Waals surface area contributed by atoms with Crippen LogP contribution in [0, 0.1) is 5.92 Å². The molecule has 100 valence electrons. The van der Waals surface area contributed by atoms with Crippen molar-refractivity contribution in [3.05, 3.63) is 12.2 Å². The largest absolute Gasteiger partial charge is 0.481 e. The predicted molar refractivity (Wildman–Crippen MR) is 70.2 cm³/mol. The van der Waals surface area contributed by atoms with E-state index in [0.717, 1.165) is 0 Å². The Balaban J connectivity index is 0. The molecule has 0 aromatic carbocycles. The summed E-state index contributed by atoms with van der Waals surface area (Å²) in [7, 11) is 0. The van der Waals surface area contributed by atoms with Gasteiger partial charge in [0.05, 0.1) is 12.0 Å². The number of thiol groups is 1. The number of amides is 1. The normalized spacial score (nSPS) is 12.8. The zero-order valence-corrected chi connectivity index (χ0v) is 11.3. The molecule has 0 saturated heterocycles. The van der Waals surface area contributed by atoms with Crippen LogP contribution in [0.4, 0.5) is 0 Å². The fourth-order valence-corrected chi connectivity index (χ4v) is 0.906. The van der Waals surface area contributed by atoms with Gasteiger partial charge in [-0.3, -0.25) is 9.59 Å².